The van der Waals surface area contributed by atoms with Gasteiger partial charge >= 0.3 is 13.1 Å². The number of carbonyl (C=O) groups is 1. The number of hydrogen-bond acceptors (Lipinski definition) is 7. The molecule has 1 aliphatic rings. The van der Waals surface area contributed by atoms with Crippen LogP contribution in [0.5, 0.6) is 0 Å². The largest absolute Gasteiger partial charge is 0.497 e. The van der Waals surface area contributed by atoms with E-state index in [1.54, 1.807) is 18.5 Å². The van der Waals surface area contributed by atoms with Gasteiger partial charge in [0.2, 0.25) is 0 Å². The molecule has 4 heterocycles. The molecular formula is C19H22BN3O4S. The molecule has 1 saturated heterocycles. The molecule has 146 valence electrons. The second-order valence-corrected chi connectivity index (χ2v) is 8.49. The van der Waals surface area contributed by atoms with Crippen LogP contribution in [0.15, 0.2) is 29.9 Å². The number of pyridine rings is 1. The van der Waals surface area contributed by atoms with E-state index in [0.717, 1.165) is 16.5 Å². The summed E-state index contributed by atoms with van der Waals surface area (Å²) in [4.78, 5) is 20.9. The van der Waals surface area contributed by atoms with E-state index in [9.17, 15) is 4.79 Å². The van der Waals surface area contributed by atoms with Crippen LogP contribution in [0.4, 0.5) is 0 Å². The lowest BCUT2D eigenvalue weighted by Crippen LogP contribution is -2.41. The van der Waals surface area contributed by atoms with Crippen molar-refractivity contribution in [3.63, 3.8) is 0 Å². The van der Waals surface area contributed by atoms with Crippen molar-refractivity contribution in [2.24, 2.45) is 0 Å². The lowest BCUT2D eigenvalue weighted by molar-refractivity contribution is 0.00578. The van der Waals surface area contributed by atoms with E-state index in [-0.39, 0.29) is 5.69 Å². The molecule has 0 unspecified atom stereocenters. The number of hydrogen-bond donors (Lipinski definition) is 0. The van der Waals surface area contributed by atoms with Gasteiger partial charge in [0, 0.05) is 28.6 Å². The van der Waals surface area contributed by atoms with Crippen molar-refractivity contribution in [3.8, 4) is 5.13 Å². The third kappa shape index (κ3) is 3.03. The molecule has 0 amide bonds. The Hall–Kier alpha value is -2.23. The van der Waals surface area contributed by atoms with Gasteiger partial charge in [0.1, 0.15) is 5.65 Å². The van der Waals surface area contributed by atoms with Crippen LogP contribution in [0.3, 0.4) is 0 Å². The highest BCUT2D eigenvalue weighted by Crippen LogP contribution is 2.37. The van der Waals surface area contributed by atoms with Crippen molar-refractivity contribution in [2.45, 2.75) is 45.8 Å². The summed E-state index contributed by atoms with van der Waals surface area (Å²) >= 11 is 1.36. The van der Waals surface area contributed by atoms with Gasteiger partial charge in [-0.1, -0.05) is 6.07 Å². The maximum absolute atomic E-state index is 12.0. The lowest BCUT2D eigenvalue weighted by atomic mass is 9.79. The predicted molar refractivity (Wildman–Crippen MR) is 108 cm³/mol. The van der Waals surface area contributed by atoms with Crippen molar-refractivity contribution in [2.75, 3.05) is 6.61 Å². The number of esters is 1. The molecule has 0 aromatic carbocycles. The van der Waals surface area contributed by atoms with Crippen LogP contribution in [0, 0.1) is 0 Å². The summed E-state index contributed by atoms with van der Waals surface area (Å²) in [5.41, 5.74) is 1.03. The van der Waals surface area contributed by atoms with E-state index in [1.165, 1.54) is 11.3 Å². The highest BCUT2D eigenvalue weighted by atomic mass is 32.1. The van der Waals surface area contributed by atoms with E-state index >= 15 is 0 Å². The molecule has 0 spiro atoms. The molecule has 0 atom stereocenters. The third-order valence-electron chi connectivity index (χ3n) is 5.28. The smallest absolute Gasteiger partial charge is 0.461 e. The molecule has 28 heavy (non-hydrogen) atoms. The number of fused-ring (bicyclic) bond motifs is 1. The fourth-order valence-electron chi connectivity index (χ4n) is 3.06. The summed E-state index contributed by atoms with van der Waals surface area (Å²) < 4.78 is 19.4. The molecule has 0 radical (unpaired) electrons. The zero-order valence-electron chi connectivity index (χ0n) is 16.6. The Morgan fingerprint density at radius 3 is 2.68 bits per heavy atom. The Morgan fingerprint density at radius 2 is 2.00 bits per heavy atom. The molecule has 4 rings (SSSR count). The molecule has 0 saturated carbocycles. The zero-order valence-corrected chi connectivity index (χ0v) is 17.4. The molecule has 0 bridgehead atoms. The molecule has 0 aliphatic carbocycles. The molecule has 1 fully saturated rings. The van der Waals surface area contributed by atoms with Gasteiger partial charge in [0.25, 0.3) is 0 Å². The van der Waals surface area contributed by atoms with Crippen molar-refractivity contribution >= 4 is 40.9 Å². The first kappa shape index (κ1) is 19.1. The van der Waals surface area contributed by atoms with Crippen molar-refractivity contribution < 1.29 is 18.8 Å². The molecule has 9 heteroatoms. The van der Waals surface area contributed by atoms with Gasteiger partial charge in [0.15, 0.2) is 10.8 Å². The summed E-state index contributed by atoms with van der Waals surface area (Å²) in [6, 6.07) is 3.87. The molecule has 7 nitrogen and oxygen atoms in total. The van der Waals surface area contributed by atoms with Crippen LogP contribution in [0.25, 0.3) is 16.2 Å². The highest BCUT2D eigenvalue weighted by Gasteiger charge is 2.52. The molecule has 1 aliphatic heterocycles. The number of aromatic nitrogens is 3. The maximum atomic E-state index is 12.0. The minimum absolute atomic E-state index is 0.289. The van der Waals surface area contributed by atoms with Gasteiger partial charge < -0.3 is 14.0 Å². The average molecular weight is 399 g/mol. The second kappa shape index (κ2) is 6.68. The third-order valence-corrected chi connectivity index (χ3v) is 6.12. The quantitative estimate of drug-likeness (QED) is 0.496. The lowest BCUT2D eigenvalue weighted by Gasteiger charge is -2.32. The Morgan fingerprint density at radius 1 is 1.29 bits per heavy atom. The summed E-state index contributed by atoms with van der Waals surface area (Å²) in [5.74, 6) is -0.430. The number of nitrogens with zero attached hydrogens (tertiary/aromatic N) is 3. The van der Waals surface area contributed by atoms with E-state index in [0.29, 0.717) is 11.7 Å². The van der Waals surface area contributed by atoms with E-state index in [1.807, 2.05) is 50.6 Å². The Bertz CT molecular complexity index is 1030. The number of ether oxygens (including phenoxy) is 1. The van der Waals surface area contributed by atoms with Crippen LogP contribution >= 0.6 is 11.3 Å². The Balaban J connectivity index is 1.77. The highest BCUT2D eigenvalue weighted by molar-refractivity contribution is 7.12. The minimum Gasteiger partial charge on any atom is -0.461 e. The molecule has 3 aromatic heterocycles. The second-order valence-electron chi connectivity index (χ2n) is 7.65. The van der Waals surface area contributed by atoms with E-state index in [2.05, 4.69) is 9.97 Å². The van der Waals surface area contributed by atoms with E-state index in [4.69, 9.17) is 14.0 Å². The van der Waals surface area contributed by atoms with Gasteiger partial charge in [-0.25, -0.2) is 14.8 Å². The Labute approximate surface area is 167 Å². The summed E-state index contributed by atoms with van der Waals surface area (Å²) in [6.07, 6.45) is 3.65. The fraction of sp³-hybridized carbons (Fsp3) is 0.421. The molecule has 3 aromatic rings. The fourth-order valence-corrected chi connectivity index (χ4v) is 3.83. The van der Waals surface area contributed by atoms with Crippen molar-refractivity contribution in [3.05, 3.63) is 35.6 Å². The van der Waals surface area contributed by atoms with E-state index < -0.39 is 24.3 Å². The normalized spacial score (nSPS) is 18.0. The first-order valence-electron chi connectivity index (χ1n) is 9.18. The minimum atomic E-state index is -0.512. The summed E-state index contributed by atoms with van der Waals surface area (Å²) in [6.45, 7) is 10.2. The Kier molecular flexibility index (Phi) is 4.56. The first-order valence-corrected chi connectivity index (χ1v) is 10.1. The standard InChI is InChI=1S/C19H22BN3O4S/c1-6-25-16(24)14-11-28-17(22-14)23-10-13(12-8-7-9-21-15(12)23)20-26-18(2,3)19(4,5)27-20/h7-11H,6H2,1-5H3. The number of carbonyl (C=O) groups excluding carboxylic acids is 1. The van der Waals surface area contributed by atoms with Crippen molar-refractivity contribution in [1.82, 2.24) is 14.5 Å². The zero-order chi connectivity index (χ0) is 20.1. The van der Waals surface area contributed by atoms with Crippen molar-refractivity contribution in [1.29, 1.82) is 0 Å². The van der Waals surface area contributed by atoms with Crippen LogP contribution in [-0.4, -0.2) is 45.4 Å². The summed E-state index contributed by atoms with van der Waals surface area (Å²) in [5, 5.41) is 3.25. The average Bonchev–Trinajstić information content (AvgIpc) is 3.30. The van der Waals surface area contributed by atoms with Gasteiger partial charge in [-0.05, 0) is 40.7 Å². The van der Waals surface area contributed by atoms with Gasteiger partial charge in [-0.15, -0.1) is 11.3 Å². The maximum Gasteiger partial charge on any atom is 0.497 e. The summed E-state index contributed by atoms with van der Waals surface area (Å²) in [7, 11) is -0.512. The molecule has 0 N–H and O–H groups in total. The van der Waals surface area contributed by atoms with Crippen LogP contribution in [-0.2, 0) is 14.0 Å². The van der Waals surface area contributed by atoms with Crippen LogP contribution < -0.4 is 5.46 Å². The first-order chi connectivity index (χ1) is 13.2. The van der Waals surface area contributed by atoms with Gasteiger partial charge in [-0.2, -0.15) is 0 Å². The van der Waals surface area contributed by atoms with Gasteiger partial charge in [0.05, 0.1) is 17.8 Å². The number of thiazole rings is 1. The topological polar surface area (TPSA) is 75.5 Å². The molecular weight excluding hydrogens is 377 g/mol. The predicted octanol–water partition coefficient (Wildman–Crippen LogP) is 2.96. The van der Waals surface area contributed by atoms with Crippen LogP contribution in [0.1, 0.15) is 45.1 Å². The SMILES string of the molecule is CCOC(=O)c1csc(-n2cc(B3OC(C)(C)C(C)(C)O3)c3cccnc32)n1. The number of rotatable bonds is 4. The van der Waals surface area contributed by atoms with Crippen LogP contribution in [0.2, 0.25) is 0 Å². The van der Waals surface area contributed by atoms with Gasteiger partial charge in [-0.3, -0.25) is 4.57 Å². The monoisotopic (exact) mass is 399 g/mol.